The lowest BCUT2D eigenvalue weighted by molar-refractivity contribution is 0.295. The van der Waals surface area contributed by atoms with Crippen molar-refractivity contribution in [2.45, 2.75) is 69.1 Å². The van der Waals surface area contributed by atoms with Crippen molar-refractivity contribution in [1.82, 2.24) is 0 Å². The highest BCUT2D eigenvalue weighted by Gasteiger charge is 2.50. The van der Waals surface area contributed by atoms with Crippen LogP contribution in [0.15, 0.2) is 115 Å². The van der Waals surface area contributed by atoms with E-state index in [4.69, 9.17) is 14.2 Å². The van der Waals surface area contributed by atoms with Crippen LogP contribution in [0.1, 0.15) is 147 Å². The lowest BCUT2D eigenvalue weighted by Gasteiger charge is -2.49. The van der Waals surface area contributed by atoms with Gasteiger partial charge in [-0.15, -0.1) is 0 Å². The van der Waals surface area contributed by atoms with E-state index in [-0.39, 0.29) is 23.7 Å². The van der Waals surface area contributed by atoms with Gasteiger partial charge in [-0.3, -0.25) is 0 Å². The van der Waals surface area contributed by atoms with E-state index in [1.54, 1.807) is 14.2 Å². The van der Waals surface area contributed by atoms with E-state index in [0.29, 0.717) is 0 Å². The molecule has 6 aromatic rings. The quantitative estimate of drug-likeness (QED) is 0.0929. The summed E-state index contributed by atoms with van der Waals surface area (Å²) in [6.45, 7) is 3.01. The molecule has 274 valence electrons. The van der Waals surface area contributed by atoms with Crippen LogP contribution in [-0.4, -0.2) is 20.8 Å². The van der Waals surface area contributed by atoms with Crippen LogP contribution >= 0.6 is 0 Å². The number of hydrogen-bond acceptors (Lipinski definition) is 3. The van der Waals surface area contributed by atoms with Gasteiger partial charge >= 0.3 is 0 Å². The van der Waals surface area contributed by atoms with Crippen LogP contribution in [0.25, 0.3) is 12.2 Å². The molecule has 6 aliphatic carbocycles. The molecule has 0 N–H and O–H groups in total. The second kappa shape index (κ2) is 13.9. The smallest absolute Gasteiger partial charge is 0.128 e. The number of rotatable bonds is 12. The van der Waals surface area contributed by atoms with Crippen LogP contribution in [0.5, 0.6) is 17.2 Å². The van der Waals surface area contributed by atoms with E-state index in [1.807, 2.05) is 6.07 Å². The molecule has 0 spiro atoms. The third-order valence-corrected chi connectivity index (χ3v) is 12.8. The Balaban J connectivity index is 1.26. The summed E-state index contributed by atoms with van der Waals surface area (Å²) in [5, 5.41) is 0. The van der Waals surface area contributed by atoms with E-state index in [1.165, 1.54) is 104 Å². The molecule has 3 nitrogen and oxygen atoms in total. The highest BCUT2D eigenvalue weighted by molar-refractivity contribution is 5.87. The van der Waals surface area contributed by atoms with Crippen molar-refractivity contribution in [3.63, 3.8) is 0 Å². The molecule has 0 aromatic heterocycles. The first kappa shape index (κ1) is 34.0. The minimum atomic E-state index is 0.0901. The molecule has 0 unspecified atom stereocenters. The number of unbranched alkanes of at least 4 members (excludes halogenated alkanes) is 5. The zero-order chi connectivity index (χ0) is 37.0. The summed E-state index contributed by atoms with van der Waals surface area (Å²) < 4.78 is 18.8. The third-order valence-electron chi connectivity index (χ3n) is 12.8. The normalized spacial score (nSPS) is 18.9. The Labute approximate surface area is 325 Å². The first-order chi connectivity index (χ1) is 27.2. The van der Waals surface area contributed by atoms with Gasteiger partial charge < -0.3 is 14.2 Å². The van der Waals surface area contributed by atoms with Crippen LogP contribution in [0.2, 0.25) is 0 Å². The third kappa shape index (κ3) is 5.30. The van der Waals surface area contributed by atoms with E-state index in [2.05, 4.69) is 128 Å². The van der Waals surface area contributed by atoms with Crippen LogP contribution in [0.3, 0.4) is 0 Å². The molecular weight excluding hydrogens is 673 g/mol. The summed E-state index contributed by atoms with van der Waals surface area (Å²) in [5.74, 6) is 3.07. The lowest BCUT2D eigenvalue weighted by Crippen LogP contribution is -2.34. The number of hydrogen-bond donors (Lipinski definition) is 0. The molecule has 0 atom stereocenters. The van der Waals surface area contributed by atoms with Crippen molar-refractivity contribution in [2.75, 3.05) is 20.8 Å². The molecule has 6 aliphatic rings. The molecule has 0 amide bonds. The largest absolute Gasteiger partial charge is 0.497 e. The monoisotopic (exact) mass is 720 g/mol. The van der Waals surface area contributed by atoms with Gasteiger partial charge in [-0.1, -0.05) is 148 Å². The second-order valence-corrected chi connectivity index (χ2v) is 15.7. The van der Waals surface area contributed by atoms with Crippen LogP contribution in [-0.2, 0) is 0 Å². The molecule has 0 fully saturated rings. The molecule has 0 aliphatic heterocycles. The summed E-state index contributed by atoms with van der Waals surface area (Å²) in [4.78, 5) is 0. The van der Waals surface area contributed by atoms with Crippen molar-refractivity contribution in [3.8, 4) is 17.2 Å². The van der Waals surface area contributed by atoms with Crippen molar-refractivity contribution in [1.29, 1.82) is 0 Å². The van der Waals surface area contributed by atoms with Crippen LogP contribution < -0.4 is 14.2 Å². The summed E-state index contributed by atoms with van der Waals surface area (Å²) in [6, 6.07) is 42.9. The summed E-state index contributed by atoms with van der Waals surface area (Å²) in [5.41, 5.74) is 19.3. The average Bonchev–Trinajstić information content (AvgIpc) is 3.24. The molecular formula is C52H48O3. The number of benzene rings is 6. The molecule has 0 saturated heterocycles. The Morgan fingerprint density at radius 2 is 0.836 bits per heavy atom. The molecule has 0 radical (unpaired) electrons. The minimum absolute atomic E-state index is 0.0901. The fraction of sp³-hybridized carbons (Fsp3) is 0.269. The predicted molar refractivity (Wildman–Crippen MR) is 223 cm³/mol. The van der Waals surface area contributed by atoms with Gasteiger partial charge in [0, 0.05) is 40.9 Å². The zero-order valence-electron chi connectivity index (χ0n) is 32.1. The van der Waals surface area contributed by atoms with Crippen molar-refractivity contribution < 1.29 is 14.2 Å². The van der Waals surface area contributed by atoms with Crippen molar-refractivity contribution >= 4 is 12.2 Å². The highest BCUT2D eigenvalue weighted by Crippen LogP contribution is 2.66. The molecule has 0 saturated carbocycles. The lowest BCUT2D eigenvalue weighted by atomic mass is 9.54. The maximum Gasteiger partial charge on any atom is 0.128 e. The number of ether oxygens (including phenoxy) is 3. The molecule has 6 aromatic carbocycles. The Bertz CT molecular complexity index is 2230. The van der Waals surface area contributed by atoms with Gasteiger partial charge in [-0.25, -0.2) is 0 Å². The average molecular weight is 721 g/mol. The predicted octanol–water partition coefficient (Wildman–Crippen LogP) is 12.6. The Morgan fingerprint density at radius 1 is 0.455 bits per heavy atom. The van der Waals surface area contributed by atoms with Crippen molar-refractivity contribution in [3.05, 3.63) is 193 Å². The van der Waals surface area contributed by atoms with E-state index in [9.17, 15) is 0 Å². The van der Waals surface area contributed by atoms with Gasteiger partial charge in [0.1, 0.15) is 17.2 Å². The Kier molecular flexibility index (Phi) is 8.62. The summed E-state index contributed by atoms with van der Waals surface area (Å²) in [6.07, 6.45) is 12.1. The minimum Gasteiger partial charge on any atom is -0.497 e. The highest BCUT2D eigenvalue weighted by atomic mass is 16.5. The molecule has 4 bridgehead atoms. The van der Waals surface area contributed by atoms with E-state index in [0.717, 1.165) is 35.8 Å². The van der Waals surface area contributed by atoms with Gasteiger partial charge in [0.15, 0.2) is 0 Å². The topological polar surface area (TPSA) is 27.7 Å². The fourth-order valence-corrected chi connectivity index (χ4v) is 10.6. The maximum atomic E-state index is 7.40. The van der Waals surface area contributed by atoms with Gasteiger partial charge in [-0.2, -0.15) is 0 Å². The van der Waals surface area contributed by atoms with Gasteiger partial charge in [-0.05, 0) is 85.3 Å². The molecule has 3 heteroatoms. The molecule has 0 heterocycles. The summed E-state index contributed by atoms with van der Waals surface area (Å²) >= 11 is 0. The maximum absolute atomic E-state index is 7.40. The van der Waals surface area contributed by atoms with E-state index < -0.39 is 0 Å². The molecule has 55 heavy (non-hydrogen) atoms. The van der Waals surface area contributed by atoms with Gasteiger partial charge in [0.25, 0.3) is 0 Å². The first-order valence-corrected chi connectivity index (χ1v) is 20.3. The van der Waals surface area contributed by atoms with E-state index >= 15 is 0 Å². The van der Waals surface area contributed by atoms with Gasteiger partial charge in [0.05, 0.1) is 20.8 Å². The Morgan fingerprint density at radius 3 is 1.24 bits per heavy atom. The van der Waals surface area contributed by atoms with Gasteiger partial charge in [0.2, 0.25) is 0 Å². The molecule has 12 rings (SSSR count). The SMILES string of the molecule is CCCCCCCCOc1c2c(c(/C=C\c3cc(OC)cc(OC)c3)c3c1C1c4ccccc4C3c3ccccc31)C1c3ccccc3C2c2ccccc21. The zero-order valence-corrected chi connectivity index (χ0v) is 32.1. The standard InChI is InChI=1S/C52H48O3/c1-4-5-6-7-8-17-28-55-52-50-46-39-22-13-9-18-35(39)44(36-19-10-14-23-40(36)46)48(50)43(27-26-32-29-33(53-2)31-34(30-32)54-3)49-45-37-20-11-15-24-41(37)47(51(49)52)42-25-16-12-21-38(42)45/h9-16,18-27,29-31,44-47H,4-8,17,28H2,1-3H3/b27-26-. The first-order valence-electron chi connectivity index (χ1n) is 20.3. The number of methoxy groups -OCH3 is 2. The van der Waals surface area contributed by atoms with Crippen LogP contribution in [0.4, 0.5) is 0 Å². The summed E-state index contributed by atoms with van der Waals surface area (Å²) in [7, 11) is 3.44. The second-order valence-electron chi connectivity index (χ2n) is 15.7. The fourth-order valence-electron chi connectivity index (χ4n) is 10.6. The van der Waals surface area contributed by atoms with Crippen molar-refractivity contribution in [2.24, 2.45) is 0 Å². The van der Waals surface area contributed by atoms with Crippen LogP contribution in [0, 0.1) is 0 Å². The Hall–Kier alpha value is -5.54.